The maximum Gasteiger partial charge on any atom is 0.393 e. The number of aliphatic hydroxyl groups excluding tert-OH is 1. The van der Waals surface area contributed by atoms with E-state index >= 15 is 4.39 Å². The van der Waals surface area contributed by atoms with Gasteiger partial charge in [-0.25, -0.2) is 18.4 Å². The highest BCUT2D eigenvalue weighted by Crippen LogP contribution is 2.43. The number of hydrogen-bond acceptors (Lipinski definition) is 10. The molecule has 1 saturated heterocycles. The van der Waals surface area contributed by atoms with E-state index in [2.05, 4.69) is 9.75 Å². The van der Waals surface area contributed by atoms with Crippen LogP contribution in [-0.4, -0.2) is 44.8 Å². The quantitative estimate of drug-likeness (QED) is 0.210. The van der Waals surface area contributed by atoms with Crippen LogP contribution < -0.4 is 20.9 Å². The van der Waals surface area contributed by atoms with Gasteiger partial charge >= 0.3 is 19.8 Å². The number of alkyl halides is 1. The molecule has 0 radical (unpaired) electrons. The minimum absolute atomic E-state index is 0.0306. The first kappa shape index (κ1) is 30.4. The molecule has 1 aliphatic rings. The van der Waals surface area contributed by atoms with Gasteiger partial charge in [0.1, 0.15) is 22.6 Å². The van der Waals surface area contributed by atoms with E-state index in [0.29, 0.717) is 10.1 Å². The molecule has 4 rings (SSSR count). The number of hydrogen-bond donors (Lipinski definition) is 2. The third-order valence-electron chi connectivity index (χ3n) is 6.07. The van der Waals surface area contributed by atoms with Gasteiger partial charge in [0.15, 0.2) is 18.0 Å². The Balaban J connectivity index is 1.64. The van der Waals surface area contributed by atoms with Crippen LogP contribution >= 0.6 is 19.8 Å². The Kier molecular flexibility index (Phi) is 9.32. The van der Waals surface area contributed by atoms with Crippen LogP contribution in [0.25, 0.3) is 11.1 Å². The number of carbonyl (C=O) groups is 1. The monoisotopic (exact) mass is 613 g/mol. The zero-order valence-electron chi connectivity index (χ0n) is 21.4. The normalized spacial score (nSPS) is 23.3. The van der Waals surface area contributed by atoms with Crippen LogP contribution in [0, 0.1) is 5.82 Å². The Hall–Kier alpha value is -3.52. The van der Waals surface area contributed by atoms with Gasteiger partial charge in [-0.1, -0.05) is 30.7 Å². The van der Waals surface area contributed by atoms with E-state index in [4.69, 9.17) is 25.6 Å². The number of benzene rings is 2. The van der Waals surface area contributed by atoms with Crippen LogP contribution in [0.3, 0.4) is 0 Å². The first-order valence-corrected chi connectivity index (χ1v) is 13.5. The lowest BCUT2D eigenvalue weighted by Crippen LogP contribution is -2.46. The van der Waals surface area contributed by atoms with E-state index in [-0.39, 0.29) is 22.8 Å². The van der Waals surface area contributed by atoms with Crippen LogP contribution in [0.15, 0.2) is 69.2 Å². The lowest BCUT2D eigenvalue weighted by atomic mass is 9.98. The second-order valence-corrected chi connectivity index (χ2v) is 10.2. The molecule has 218 valence electrons. The van der Waals surface area contributed by atoms with E-state index in [0.717, 1.165) is 25.3 Å². The molecule has 2 heterocycles. The number of carbonyl (C=O) groups excluding carboxylic acids is 1. The molecule has 16 heteroatoms. The zero-order valence-corrected chi connectivity index (χ0v) is 23.1. The summed E-state index contributed by atoms with van der Waals surface area (Å²) in [4.78, 5) is 57.2. The average Bonchev–Trinajstić information content (AvgIpc) is 3.16. The predicted molar refractivity (Wildman–Crippen MR) is 139 cm³/mol. The van der Waals surface area contributed by atoms with Gasteiger partial charge in [-0.3, -0.25) is 19.2 Å². The predicted octanol–water partition coefficient (Wildman–Crippen LogP) is 3.13. The van der Waals surface area contributed by atoms with E-state index in [1.165, 1.54) is 43.3 Å². The molecule has 0 saturated carbocycles. The second kappa shape index (κ2) is 12.6. The Morgan fingerprint density at radius 2 is 2.00 bits per heavy atom. The molecule has 2 N–H and O–H groups in total. The molecule has 2 aromatic carbocycles. The number of aromatic amines is 1. The van der Waals surface area contributed by atoms with Crippen molar-refractivity contribution in [3.63, 3.8) is 0 Å². The van der Waals surface area contributed by atoms with E-state index in [9.17, 15) is 28.8 Å². The number of aromatic nitrogens is 2. The lowest BCUT2D eigenvalue weighted by Gasteiger charge is -2.25. The van der Waals surface area contributed by atoms with Crippen LogP contribution in [0.5, 0.6) is 5.75 Å². The van der Waals surface area contributed by atoms with Crippen molar-refractivity contribution in [3.8, 4) is 16.9 Å². The molecule has 41 heavy (non-hydrogen) atoms. The number of nitrogens with one attached hydrogen (secondary N) is 1. The highest BCUT2D eigenvalue weighted by atomic mass is 35.5. The van der Waals surface area contributed by atoms with Crippen LogP contribution in [-0.2, 0) is 18.9 Å². The molecule has 0 spiro atoms. The number of rotatable bonds is 9. The molecule has 1 fully saturated rings. The Morgan fingerprint density at radius 1 is 1.29 bits per heavy atom. The van der Waals surface area contributed by atoms with Gasteiger partial charge < -0.3 is 19.5 Å². The van der Waals surface area contributed by atoms with Gasteiger partial charge in [-0.05, 0) is 42.8 Å². The summed E-state index contributed by atoms with van der Waals surface area (Å²) in [5.74, 6) is -1.35. The summed E-state index contributed by atoms with van der Waals surface area (Å²) in [5, 5.41) is 11.1. The minimum atomic E-state index is -3.13. The third kappa shape index (κ3) is 6.87. The maximum atomic E-state index is 15.8. The summed E-state index contributed by atoms with van der Waals surface area (Å²) in [6, 6.07) is 10.8. The van der Waals surface area contributed by atoms with Crippen molar-refractivity contribution >= 4 is 25.7 Å². The summed E-state index contributed by atoms with van der Waals surface area (Å²) in [5.41, 5.74) is -3.72. The van der Waals surface area contributed by atoms with Crippen molar-refractivity contribution in [1.29, 1.82) is 0 Å². The summed E-state index contributed by atoms with van der Waals surface area (Å²) < 4.78 is 47.4. The first-order valence-electron chi connectivity index (χ1n) is 12.0. The van der Waals surface area contributed by atoms with Gasteiger partial charge in [0, 0.05) is 29.3 Å². The van der Waals surface area contributed by atoms with Gasteiger partial charge in [0.2, 0.25) is 0 Å². The standard InChI is InChI=1S/C25H23ClF2N3O9P/c1-3-19(33)39-30-41(36)40-22(37-15-7-4-13(5-8-15)16-9-6-14(26)12-17(16)27)20-21(34)25(2,28)23(38-20)31-11-10-18(32)29-24(31)35/h4-12,20-23,34H,3H2,1-2H3,(H,29,32,35)/t20-,21-,22?,23-,25-/m1/s1. The number of halogens is 3. The van der Waals surface area contributed by atoms with Crippen molar-refractivity contribution < 1.29 is 42.4 Å². The molecular formula is C25H23ClF2N3O9P. The molecule has 3 aromatic rings. The minimum Gasteiger partial charge on any atom is -0.581 e. The maximum absolute atomic E-state index is 15.8. The average molecular weight is 614 g/mol. The molecule has 0 bridgehead atoms. The Morgan fingerprint density at radius 3 is 2.63 bits per heavy atom. The molecule has 6 atom stereocenters. The van der Waals surface area contributed by atoms with Crippen molar-refractivity contribution in [2.24, 2.45) is 4.91 Å². The number of ether oxygens (including phenoxy) is 2. The van der Waals surface area contributed by atoms with Crippen LogP contribution in [0.1, 0.15) is 26.5 Å². The third-order valence-corrected chi connectivity index (χ3v) is 6.91. The fourth-order valence-electron chi connectivity index (χ4n) is 3.96. The van der Waals surface area contributed by atoms with Gasteiger partial charge in [0.05, 0.1) is 0 Å². The van der Waals surface area contributed by atoms with Gasteiger partial charge in [0.25, 0.3) is 11.8 Å². The summed E-state index contributed by atoms with van der Waals surface area (Å²) in [7, 11) is -3.13. The van der Waals surface area contributed by atoms with Crippen molar-refractivity contribution in [2.45, 2.75) is 50.7 Å². The molecule has 1 aromatic heterocycles. The molecule has 0 amide bonds. The van der Waals surface area contributed by atoms with Gasteiger partial charge in [-0.2, -0.15) is 0 Å². The SMILES string of the molecule is CCC(=O)ON=[P+]([O-])OC(Oc1ccc(-c2ccc(Cl)cc2F)cc1)[C@@H]1O[C@@H](n2ccc(=O)[nH]c2=O)[C@](C)(F)[C@@H]1O. The van der Waals surface area contributed by atoms with E-state index < -0.39 is 61.6 Å². The fraction of sp³-hybridized carbons (Fsp3) is 0.320. The van der Waals surface area contributed by atoms with Crippen molar-refractivity contribution in [1.82, 2.24) is 9.55 Å². The summed E-state index contributed by atoms with van der Waals surface area (Å²) >= 11 is 5.81. The summed E-state index contributed by atoms with van der Waals surface area (Å²) in [6.45, 7) is 2.42. The van der Waals surface area contributed by atoms with Crippen LogP contribution in [0.4, 0.5) is 8.78 Å². The Bertz CT molecular complexity index is 1560. The second-order valence-electron chi connectivity index (χ2n) is 8.94. The molecule has 1 aliphatic heterocycles. The first-order chi connectivity index (χ1) is 19.4. The topological polar surface area (TPSA) is 164 Å². The molecular weight excluding hydrogens is 591 g/mol. The number of aliphatic hydroxyl groups is 1. The number of nitrogens with zero attached hydrogens (tertiary/aromatic N) is 2. The van der Waals surface area contributed by atoms with Gasteiger partial charge in [-0.15, -0.1) is 4.52 Å². The highest BCUT2D eigenvalue weighted by Gasteiger charge is 2.59. The fourth-order valence-corrected chi connectivity index (χ4v) is 4.65. The van der Waals surface area contributed by atoms with Crippen LogP contribution in [0.2, 0.25) is 5.02 Å². The smallest absolute Gasteiger partial charge is 0.393 e. The van der Waals surface area contributed by atoms with E-state index in [1.54, 1.807) is 0 Å². The molecule has 2 unspecified atom stereocenters. The highest BCUT2D eigenvalue weighted by molar-refractivity contribution is 7.33. The van der Waals surface area contributed by atoms with E-state index in [1.807, 2.05) is 4.98 Å². The summed E-state index contributed by atoms with van der Waals surface area (Å²) in [6.07, 6.45) is -6.46. The molecule has 0 aliphatic carbocycles. The largest absolute Gasteiger partial charge is 0.581 e. The van der Waals surface area contributed by atoms with Crippen molar-refractivity contribution in [2.75, 3.05) is 0 Å². The Labute approximate surface area is 236 Å². The lowest BCUT2D eigenvalue weighted by molar-refractivity contribution is -0.208. The molecule has 12 nitrogen and oxygen atoms in total. The zero-order chi connectivity index (χ0) is 29.9. The van der Waals surface area contributed by atoms with Crippen molar-refractivity contribution in [3.05, 3.63) is 86.4 Å². The number of H-pyrrole nitrogens is 1.